The highest BCUT2D eigenvalue weighted by atomic mass is 79.9. The Morgan fingerprint density at radius 3 is 2.79 bits per heavy atom. The molecule has 0 atom stereocenters. The number of anilines is 1. The molecular weight excluding hydrogens is 326 g/mol. The quantitative estimate of drug-likeness (QED) is 0.661. The van der Waals surface area contributed by atoms with Crippen LogP contribution >= 0.6 is 27.5 Å². The molecule has 0 saturated heterocycles. The van der Waals surface area contributed by atoms with Crippen LogP contribution in [0.2, 0.25) is 5.02 Å². The smallest absolute Gasteiger partial charge is 0.158 e. The number of nitrogens with one attached hydrogen (secondary N) is 1. The Morgan fingerprint density at radius 1 is 1.16 bits per heavy atom. The van der Waals surface area contributed by atoms with Crippen LogP contribution in [-0.4, -0.2) is 6.04 Å². The van der Waals surface area contributed by atoms with Crippen molar-refractivity contribution in [3.8, 4) is 0 Å². The molecule has 1 heterocycles. The van der Waals surface area contributed by atoms with Crippen LogP contribution in [0, 0.1) is 0 Å². The molecule has 0 spiro atoms. The van der Waals surface area contributed by atoms with Crippen LogP contribution in [0.3, 0.4) is 0 Å². The van der Waals surface area contributed by atoms with Gasteiger partial charge in [0.1, 0.15) is 5.58 Å². The van der Waals surface area contributed by atoms with Gasteiger partial charge in [-0.15, -0.1) is 0 Å². The van der Waals surface area contributed by atoms with E-state index in [0.29, 0.717) is 11.1 Å². The molecule has 4 heteroatoms. The zero-order valence-corrected chi connectivity index (χ0v) is 12.4. The van der Waals surface area contributed by atoms with Crippen LogP contribution < -0.4 is 5.32 Å². The van der Waals surface area contributed by atoms with Crippen LogP contribution in [0.4, 0.5) is 5.69 Å². The van der Waals surface area contributed by atoms with Crippen molar-refractivity contribution in [3.05, 3.63) is 39.8 Å². The van der Waals surface area contributed by atoms with Crippen molar-refractivity contribution >= 4 is 55.2 Å². The maximum Gasteiger partial charge on any atom is 0.158 e. The van der Waals surface area contributed by atoms with E-state index in [4.69, 9.17) is 16.0 Å². The van der Waals surface area contributed by atoms with Gasteiger partial charge in [-0.05, 0) is 47.0 Å². The minimum atomic E-state index is 0.603. The van der Waals surface area contributed by atoms with Crippen LogP contribution in [0.15, 0.2) is 39.2 Å². The van der Waals surface area contributed by atoms with Gasteiger partial charge in [0.2, 0.25) is 0 Å². The molecule has 96 valence electrons. The molecule has 2 nitrogen and oxygen atoms in total. The Hall–Kier alpha value is -1.19. The number of fused-ring (bicyclic) bond motifs is 3. The largest absolute Gasteiger partial charge is 0.453 e. The Kier molecular flexibility index (Phi) is 2.54. The Balaban J connectivity index is 2.04. The van der Waals surface area contributed by atoms with Gasteiger partial charge in [0.25, 0.3) is 0 Å². The predicted molar refractivity (Wildman–Crippen MR) is 83.1 cm³/mol. The van der Waals surface area contributed by atoms with Gasteiger partial charge in [-0.2, -0.15) is 0 Å². The summed E-state index contributed by atoms with van der Waals surface area (Å²) in [5.74, 6) is 0. The molecule has 0 aliphatic heterocycles. The first-order valence-electron chi connectivity index (χ1n) is 6.29. The molecule has 0 unspecified atom stereocenters. The van der Waals surface area contributed by atoms with Crippen molar-refractivity contribution in [3.63, 3.8) is 0 Å². The highest BCUT2D eigenvalue weighted by Gasteiger charge is 2.23. The molecule has 3 aromatic rings. The number of rotatable bonds is 2. The third-order valence-corrected chi connectivity index (χ3v) is 4.26. The minimum absolute atomic E-state index is 0.603. The fourth-order valence-electron chi connectivity index (χ4n) is 2.39. The van der Waals surface area contributed by atoms with E-state index in [-0.39, 0.29) is 0 Å². The molecule has 2 aromatic carbocycles. The number of benzene rings is 2. The van der Waals surface area contributed by atoms with Crippen LogP contribution in [0.5, 0.6) is 0 Å². The van der Waals surface area contributed by atoms with Crippen molar-refractivity contribution in [2.45, 2.75) is 18.9 Å². The van der Waals surface area contributed by atoms with Gasteiger partial charge in [-0.3, -0.25) is 0 Å². The molecule has 1 N–H and O–H groups in total. The summed E-state index contributed by atoms with van der Waals surface area (Å²) in [5, 5.41) is 6.37. The zero-order chi connectivity index (χ0) is 13.0. The number of hydrogen-bond acceptors (Lipinski definition) is 2. The van der Waals surface area contributed by atoms with E-state index < -0.39 is 0 Å². The molecule has 4 rings (SSSR count). The second kappa shape index (κ2) is 4.15. The van der Waals surface area contributed by atoms with Crippen molar-refractivity contribution in [2.24, 2.45) is 0 Å². The maximum atomic E-state index is 6.13. The Labute approximate surface area is 123 Å². The predicted octanol–water partition coefficient (Wildman–Crippen LogP) is 5.58. The van der Waals surface area contributed by atoms with E-state index in [1.54, 1.807) is 0 Å². The van der Waals surface area contributed by atoms with Crippen LogP contribution in [0.25, 0.3) is 21.9 Å². The monoisotopic (exact) mass is 335 g/mol. The maximum absolute atomic E-state index is 6.13. The number of hydrogen-bond donors (Lipinski definition) is 1. The molecule has 19 heavy (non-hydrogen) atoms. The Bertz CT molecular complexity index is 792. The first kappa shape index (κ1) is 11.6. The summed E-state index contributed by atoms with van der Waals surface area (Å²) in [7, 11) is 0. The molecule has 1 aromatic heterocycles. The molecule has 1 fully saturated rings. The van der Waals surface area contributed by atoms with E-state index in [9.17, 15) is 0 Å². The SMILES string of the molecule is Clc1cc(Br)c2oc3c(NC4CC4)cccc3c2c1. The van der Waals surface area contributed by atoms with Gasteiger partial charge in [0.05, 0.1) is 10.2 Å². The van der Waals surface area contributed by atoms with Gasteiger partial charge in [0, 0.05) is 21.8 Å². The lowest BCUT2D eigenvalue weighted by atomic mass is 10.1. The number of furan rings is 1. The average Bonchev–Trinajstić information content (AvgIpc) is 3.10. The molecule has 1 saturated carbocycles. The van der Waals surface area contributed by atoms with E-state index in [1.807, 2.05) is 12.1 Å². The van der Waals surface area contributed by atoms with E-state index in [2.05, 4.69) is 39.4 Å². The first-order valence-corrected chi connectivity index (χ1v) is 7.46. The summed E-state index contributed by atoms with van der Waals surface area (Å²) in [4.78, 5) is 0. The van der Waals surface area contributed by atoms with E-state index in [0.717, 1.165) is 32.1 Å². The van der Waals surface area contributed by atoms with E-state index in [1.165, 1.54) is 12.8 Å². The minimum Gasteiger partial charge on any atom is -0.453 e. The normalized spacial score (nSPS) is 15.3. The third kappa shape index (κ3) is 1.92. The lowest BCUT2D eigenvalue weighted by molar-refractivity contribution is 0.667. The highest BCUT2D eigenvalue weighted by Crippen LogP contribution is 2.39. The van der Waals surface area contributed by atoms with Crippen molar-refractivity contribution in [1.29, 1.82) is 0 Å². The summed E-state index contributed by atoms with van der Waals surface area (Å²) in [6.07, 6.45) is 2.48. The summed E-state index contributed by atoms with van der Waals surface area (Å²) in [6, 6.07) is 10.6. The fourth-order valence-corrected chi connectivity index (χ4v) is 3.28. The molecule has 0 radical (unpaired) electrons. The van der Waals surface area contributed by atoms with E-state index >= 15 is 0 Å². The Morgan fingerprint density at radius 2 is 2.00 bits per heavy atom. The van der Waals surface area contributed by atoms with Gasteiger partial charge in [-0.25, -0.2) is 0 Å². The number of halogens is 2. The molecule has 0 bridgehead atoms. The summed E-state index contributed by atoms with van der Waals surface area (Å²) < 4.78 is 6.92. The van der Waals surface area contributed by atoms with Crippen molar-refractivity contribution < 1.29 is 4.42 Å². The molecular formula is C15H11BrClNO. The lowest BCUT2D eigenvalue weighted by Crippen LogP contribution is -2.00. The lowest BCUT2D eigenvalue weighted by Gasteiger charge is -2.03. The first-order chi connectivity index (χ1) is 9.22. The molecule has 1 aliphatic rings. The standard InChI is InChI=1S/C15H11BrClNO/c16-12-7-8(17)6-11-10-2-1-3-13(18-9-4-5-9)15(10)19-14(11)12/h1-3,6-7,9,18H,4-5H2. The topological polar surface area (TPSA) is 25.2 Å². The second-order valence-corrected chi connectivity index (χ2v) is 6.26. The molecule has 0 amide bonds. The summed E-state index contributed by atoms with van der Waals surface area (Å²) in [5.41, 5.74) is 2.83. The van der Waals surface area contributed by atoms with Gasteiger partial charge < -0.3 is 9.73 Å². The van der Waals surface area contributed by atoms with Crippen LogP contribution in [0.1, 0.15) is 12.8 Å². The van der Waals surface area contributed by atoms with Gasteiger partial charge >= 0.3 is 0 Å². The number of para-hydroxylation sites is 1. The van der Waals surface area contributed by atoms with Gasteiger partial charge in [0.15, 0.2) is 5.58 Å². The second-order valence-electron chi connectivity index (χ2n) is 4.97. The third-order valence-electron chi connectivity index (χ3n) is 3.45. The van der Waals surface area contributed by atoms with Gasteiger partial charge in [-0.1, -0.05) is 23.7 Å². The summed E-state index contributed by atoms with van der Waals surface area (Å²) >= 11 is 9.64. The highest BCUT2D eigenvalue weighted by molar-refractivity contribution is 9.10. The zero-order valence-electron chi connectivity index (χ0n) is 10.0. The van der Waals surface area contributed by atoms with Crippen LogP contribution in [-0.2, 0) is 0 Å². The van der Waals surface area contributed by atoms with Crippen molar-refractivity contribution in [1.82, 2.24) is 0 Å². The fraction of sp³-hybridized carbons (Fsp3) is 0.200. The van der Waals surface area contributed by atoms with Crippen molar-refractivity contribution in [2.75, 3.05) is 5.32 Å². The summed E-state index contributed by atoms with van der Waals surface area (Å²) in [6.45, 7) is 0. The average molecular weight is 337 g/mol. The molecule has 1 aliphatic carbocycles.